The van der Waals surface area contributed by atoms with Crippen LogP contribution in [0.15, 0.2) is 42.5 Å². The minimum atomic E-state index is -2.01. The molecule has 4 nitrogen and oxygen atoms in total. The second-order valence-electron chi connectivity index (χ2n) is 4.58. The fraction of sp³-hybridized carbons (Fsp3) is 0.333. The summed E-state index contributed by atoms with van der Waals surface area (Å²) >= 11 is 0. The van der Waals surface area contributed by atoms with Crippen molar-refractivity contribution in [3.05, 3.63) is 53.3 Å². The van der Waals surface area contributed by atoms with Crippen LogP contribution < -0.4 is 0 Å². The molecule has 0 spiro atoms. The first kappa shape index (κ1) is 15.9. The van der Waals surface area contributed by atoms with Crippen LogP contribution in [0.1, 0.15) is 19.4 Å². The molecule has 0 N–H and O–H groups in total. The van der Waals surface area contributed by atoms with Gasteiger partial charge in [-0.2, -0.15) is 0 Å². The second-order valence-corrected chi connectivity index (χ2v) is 4.58. The van der Waals surface area contributed by atoms with Crippen LogP contribution in [0.3, 0.4) is 0 Å². The molecule has 1 aromatic rings. The van der Waals surface area contributed by atoms with Crippen molar-refractivity contribution in [1.82, 2.24) is 0 Å². The van der Waals surface area contributed by atoms with Crippen LogP contribution in [0.4, 0.5) is 4.39 Å². The smallest absolute Gasteiger partial charge is 0.330 e. The molecule has 0 unspecified atom stereocenters. The van der Waals surface area contributed by atoms with Crippen molar-refractivity contribution in [3.63, 3.8) is 0 Å². The molecule has 0 aliphatic heterocycles. The van der Waals surface area contributed by atoms with Gasteiger partial charge in [-0.05, 0) is 13.8 Å². The van der Waals surface area contributed by atoms with Crippen molar-refractivity contribution in [2.45, 2.75) is 26.1 Å². The molecule has 1 rings (SSSR count). The highest BCUT2D eigenvalue weighted by Crippen LogP contribution is 2.09. The van der Waals surface area contributed by atoms with E-state index in [0.717, 1.165) is 11.8 Å². The second kappa shape index (κ2) is 7.43. The molecule has 0 saturated carbocycles. The SMILES string of the molecule is C/C=C/C(=O)OC[C@@](C)(F)/C=[N+](\[O-])Cc1ccccc1. The fourth-order valence-electron chi connectivity index (χ4n) is 1.54. The number of nitrogens with zero attached hydrogens (tertiary/aromatic N) is 1. The number of carbonyl (C=O) groups excluding carboxylic acids is 1. The van der Waals surface area contributed by atoms with Crippen molar-refractivity contribution in [3.8, 4) is 0 Å². The third-order valence-corrected chi connectivity index (χ3v) is 2.39. The van der Waals surface area contributed by atoms with Gasteiger partial charge in [-0.25, -0.2) is 13.9 Å². The molecule has 1 atom stereocenters. The van der Waals surface area contributed by atoms with Crippen LogP contribution in [-0.2, 0) is 16.1 Å². The number of allylic oxidation sites excluding steroid dienone is 1. The van der Waals surface area contributed by atoms with Crippen LogP contribution in [0.5, 0.6) is 0 Å². The Hall–Kier alpha value is -2.17. The maximum Gasteiger partial charge on any atom is 0.330 e. The van der Waals surface area contributed by atoms with Gasteiger partial charge in [0, 0.05) is 11.6 Å². The molecule has 5 heteroatoms. The highest BCUT2D eigenvalue weighted by atomic mass is 19.1. The van der Waals surface area contributed by atoms with E-state index in [1.54, 1.807) is 31.2 Å². The van der Waals surface area contributed by atoms with Crippen LogP contribution in [0.2, 0.25) is 0 Å². The van der Waals surface area contributed by atoms with Gasteiger partial charge in [0.25, 0.3) is 0 Å². The van der Waals surface area contributed by atoms with E-state index in [4.69, 9.17) is 4.74 Å². The lowest BCUT2D eigenvalue weighted by molar-refractivity contribution is -0.473. The average molecular weight is 279 g/mol. The van der Waals surface area contributed by atoms with Crippen molar-refractivity contribution < 1.29 is 18.7 Å². The Morgan fingerprint density at radius 3 is 2.70 bits per heavy atom. The minimum absolute atomic E-state index is 0.0448. The summed E-state index contributed by atoms with van der Waals surface area (Å²) < 4.78 is 19.2. The minimum Gasteiger partial charge on any atom is -0.624 e. The number of rotatable bonds is 6. The van der Waals surface area contributed by atoms with Gasteiger partial charge in [0.05, 0.1) is 0 Å². The zero-order valence-corrected chi connectivity index (χ0v) is 11.6. The average Bonchev–Trinajstić information content (AvgIpc) is 2.37. The van der Waals surface area contributed by atoms with Crippen LogP contribution in [-0.4, -0.2) is 29.2 Å². The number of esters is 1. The highest BCUT2D eigenvalue weighted by Gasteiger charge is 2.27. The maximum atomic E-state index is 14.0. The van der Waals surface area contributed by atoms with Crippen molar-refractivity contribution in [1.29, 1.82) is 0 Å². The number of halogens is 1. The van der Waals surface area contributed by atoms with E-state index in [9.17, 15) is 14.4 Å². The molecular weight excluding hydrogens is 261 g/mol. The van der Waals surface area contributed by atoms with Gasteiger partial charge in [-0.3, -0.25) is 0 Å². The van der Waals surface area contributed by atoms with Gasteiger partial charge < -0.3 is 9.94 Å². The molecule has 0 bridgehead atoms. The first-order valence-electron chi connectivity index (χ1n) is 6.25. The molecule has 0 aromatic heterocycles. The number of hydrogen-bond acceptors (Lipinski definition) is 3. The molecule has 0 heterocycles. The van der Waals surface area contributed by atoms with Gasteiger partial charge in [-0.15, -0.1) is 0 Å². The third-order valence-electron chi connectivity index (χ3n) is 2.39. The number of benzene rings is 1. The maximum absolute atomic E-state index is 14.0. The van der Waals surface area contributed by atoms with E-state index in [-0.39, 0.29) is 6.54 Å². The monoisotopic (exact) mass is 279 g/mol. The largest absolute Gasteiger partial charge is 0.624 e. The number of hydrogen-bond donors (Lipinski definition) is 0. The zero-order valence-electron chi connectivity index (χ0n) is 11.6. The van der Waals surface area contributed by atoms with E-state index in [0.29, 0.717) is 4.74 Å². The Balaban J connectivity index is 2.58. The Morgan fingerprint density at radius 1 is 1.45 bits per heavy atom. The Bertz CT molecular complexity index is 495. The van der Waals surface area contributed by atoms with Gasteiger partial charge in [-0.1, -0.05) is 36.4 Å². The van der Waals surface area contributed by atoms with E-state index < -0.39 is 18.2 Å². The highest BCUT2D eigenvalue weighted by molar-refractivity contribution is 5.82. The first-order valence-corrected chi connectivity index (χ1v) is 6.25. The standard InChI is InChI=1S/C15H18FNO3/c1-3-7-14(18)20-12-15(2,16)11-17(19)10-13-8-5-4-6-9-13/h3-9,11H,10,12H2,1-2H3/b7-3+,17-11-/t15-/m0/s1. The van der Waals surface area contributed by atoms with Crippen molar-refractivity contribution in [2.24, 2.45) is 0 Å². The summed E-state index contributed by atoms with van der Waals surface area (Å²) in [6.45, 7) is 2.39. The molecule has 0 aliphatic carbocycles. The molecule has 108 valence electrons. The van der Waals surface area contributed by atoms with Gasteiger partial charge in [0.15, 0.2) is 12.8 Å². The van der Waals surface area contributed by atoms with Crippen LogP contribution in [0.25, 0.3) is 0 Å². The number of alkyl halides is 1. The van der Waals surface area contributed by atoms with E-state index in [2.05, 4.69) is 0 Å². The molecule has 0 saturated heterocycles. The first-order chi connectivity index (χ1) is 9.43. The molecule has 0 amide bonds. The molecule has 20 heavy (non-hydrogen) atoms. The van der Waals surface area contributed by atoms with E-state index in [1.807, 2.05) is 6.07 Å². The van der Waals surface area contributed by atoms with Gasteiger partial charge in [0.1, 0.15) is 6.61 Å². The topological polar surface area (TPSA) is 52.4 Å². The Morgan fingerprint density at radius 2 is 2.10 bits per heavy atom. The number of carbonyl (C=O) groups is 1. The van der Waals surface area contributed by atoms with Gasteiger partial charge >= 0.3 is 5.97 Å². The van der Waals surface area contributed by atoms with E-state index in [1.165, 1.54) is 19.1 Å². The number of ether oxygens (including phenoxy) is 1. The lowest BCUT2D eigenvalue weighted by Crippen LogP contribution is -2.32. The molecule has 0 radical (unpaired) electrons. The van der Waals surface area contributed by atoms with Crippen LogP contribution >= 0.6 is 0 Å². The van der Waals surface area contributed by atoms with Crippen LogP contribution in [0, 0.1) is 5.21 Å². The lowest BCUT2D eigenvalue weighted by Gasteiger charge is -2.14. The van der Waals surface area contributed by atoms with Crippen molar-refractivity contribution >= 4 is 12.2 Å². The van der Waals surface area contributed by atoms with Crippen molar-refractivity contribution in [2.75, 3.05) is 6.61 Å². The quantitative estimate of drug-likeness (QED) is 0.201. The normalized spacial score (nSPS) is 15.1. The summed E-state index contributed by atoms with van der Waals surface area (Å²) in [7, 11) is 0. The molecular formula is C15H18FNO3. The summed E-state index contributed by atoms with van der Waals surface area (Å²) in [4.78, 5) is 11.1. The Kier molecular flexibility index (Phi) is 5.90. The summed E-state index contributed by atoms with van der Waals surface area (Å²) in [5.41, 5.74) is -1.23. The zero-order chi connectivity index (χ0) is 15.0. The van der Waals surface area contributed by atoms with E-state index >= 15 is 0 Å². The Labute approximate surface area is 117 Å². The summed E-state index contributed by atoms with van der Waals surface area (Å²) in [6, 6.07) is 9.00. The number of hydroxylamine groups is 1. The van der Waals surface area contributed by atoms with Gasteiger partial charge in [0.2, 0.25) is 5.67 Å². The summed E-state index contributed by atoms with van der Waals surface area (Å²) in [5.74, 6) is -0.634. The molecule has 0 fully saturated rings. The predicted molar refractivity (Wildman–Crippen MR) is 75.1 cm³/mol. The predicted octanol–water partition coefficient (Wildman–Crippen LogP) is 2.62. The summed E-state index contributed by atoms with van der Waals surface area (Å²) in [5, 5.41) is 11.7. The summed E-state index contributed by atoms with van der Waals surface area (Å²) in [6.07, 6.45) is 3.56. The molecule has 0 aliphatic rings. The fourth-order valence-corrected chi connectivity index (χ4v) is 1.54. The third kappa shape index (κ3) is 6.13. The lowest BCUT2D eigenvalue weighted by atomic mass is 10.1. The molecule has 1 aromatic carbocycles.